The first-order chi connectivity index (χ1) is 9.33. The Morgan fingerprint density at radius 3 is 2.75 bits per heavy atom. The Kier molecular flexibility index (Phi) is 6.76. The lowest BCUT2D eigenvalue weighted by molar-refractivity contribution is 0.0225. The van der Waals surface area contributed by atoms with Crippen molar-refractivity contribution in [3.05, 3.63) is 0 Å². The zero-order chi connectivity index (χ0) is 15.2. The summed E-state index contributed by atoms with van der Waals surface area (Å²) in [6.45, 7) is 11.2. The average Bonchev–Trinajstić information content (AvgIpc) is 2.75. The van der Waals surface area contributed by atoms with E-state index in [1.807, 2.05) is 25.7 Å². The van der Waals surface area contributed by atoms with Crippen molar-refractivity contribution in [2.45, 2.75) is 52.2 Å². The van der Waals surface area contributed by atoms with Crippen LogP contribution in [0, 0.1) is 5.92 Å². The fourth-order valence-corrected chi connectivity index (χ4v) is 2.45. The van der Waals surface area contributed by atoms with Gasteiger partial charge in [-0.3, -0.25) is 0 Å². The molecule has 2 unspecified atom stereocenters. The van der Waals surface area contributed by atoms with Crippen LogP contribution in [0.15, 0.2) is 0 Å². The van der Waals surface area contributed by atoms with Gasteiger partial charge in [-0.1, -0.05) is 6.92 Å². The van der Waals surface area contributed by atoms with E-state index >= 15 is 0 Å². The van der Waals surface area contributed by atoms with Crippen molar-refractivity contribution in [3.8, 4) is 0 Å². The first-order valence-corrected chi connectivity index (χ1v) is 7.52. The number of carbonyl (C=O) groups is 1. The zero-order valence-electron chi connectivity index (χ0n) is 13.6. The van der Waals surface area contributed by atoms with Gasteiger partial charge in [0.1, 0.15) is 5.60 Å². The highest BCUT2D eigenvalue weighted by Crippen LogP contribution is 2.20. The van der Waals surface area contributed by atoms with Crippen LogP contribution < -0.4 is 5.32 Å². The third kappa shape index (κ3) is 6.09. The molecule has 1 N–H and O–H groups in total. The lowest BCUT2D eigenvalue weighted by atomic mass is 10.2. The third-order valence-corrected chi connectivity index (χ3v) is 3.33. The van der Waals surface area contributed by atoms with E-state index in [-0.39, 0.29) is 12.1 Å². The Balaban J connectivity index is 2.35. The van der Waals surface area contributed by atoms with E-state index in [4.69, 9.17) is 9.47 Å². The maximum Gasteiger partial charge on any atom is 0.410 e. The number of carbonyl (C=O) groups excluding carboxylic acids is 1. The molecule has 0 aromatic heterocycles. The van der Waals surface area contributed by atoms with Crippen LogP contribution in [0.1, 0.15) is 40.5 Å². The maximum atomic E-state index is 12.1. The van der Waals surface area contributed by atoms with E-state index in [1.54, 1.807) is 7.11 Å². The topological polar surface area (TPSA) is 50.8 Å². The number of nitrogens with one attached hydrogen (secondary N) is 1. The van der Waals surface area contributed by atoms with Crippen molar-refractivity contribution in [2.75, 3.05) is 33.4 Å². The van der Waals surface area contributed by atoms with Crippen LogP contribution in [-0.2, 0) is 9.47 Å². The van der Waals surface area contributed by atoms with Crippen molar-refractivity contribution in [1.29, 1.82) is 0 Å². The largest absolute Gasteiger partial charge is 0.444 e. The molecule has 0 radical (unpaired) electrons. The van der Waals surface area contributed by atoms with Gasteiger partial charge in [0.05, 0.1) is 0 Å². The monoisotopic (exact) mass is 286 g/mol. The molecule has 1 aliphatic rings. The van der Waals surface area contributed by atoms with Gasteiger partial charge in [-0.2, -0.15) is 0 Å². The van der Waals surface area contributed by atoms with E-state index in [9.17, 15) is 4.79 Å². The predicted molar refractivity (Wildman–Crippen MR) is 79.9 cm³/mol. The Bertz CT molecular complexity index is 302. The summed E-state index contributed by atoms with van der Waals surface area (Å²) in [6, 6.07) is 0.250. The van der Waals surface area contributed by atoms with Crippen LogP contribution in [0.4, 0.5) is 4.79 Å². The van der Waals surface area contributed by atoms with Gasteiger partial charge in [-0.05, 0) is 46.1 Å². The molecule has 0 aromatic rings. The molecule has 20 heavy (non-hydrogen) atoms. The van der Waals surface area contributed by atoms with E-state index in [0.29, 0.717) is 5.92 Å². The minimum atomic E-state index is -0.426. The second kappa shape index (κ2) is 7.84. The molecular formula is C15H30N2O3. The highest BCUT2D eigenvalue weighted by Gasteiger charge is 2.31. The minimum Gasteiger partial charge on any atom is -0.444 e. The molecule has 5 heteroatoms. The van der Waals surface area contributed by atoms with Gasteiger partial charge in [-0.15, -0.1) is 0 Å². The fourth-order valence-electron chi connectivity index (χ4n) is 2.45. The number of nitrogens with zero attached hydrogens (tertiary/aromatic N) is 1. The van der Waals surface area contributed by atoms with E-state index in [0.717, 1.165) is 39.1 Å². The molecule has 0 saturated carbocycles. The summed E-state index contributed by atoms with van der Waals surface area (Å²) >= 11 is 0. The maximum absolute atomic E-state index is 12.1. The normalized spacial score (nSPS) is 21.1. The molecule has 0 bridgehead atoms. The first kappa shape index (κ1) is 17.2. The Morgan fingerprint density at radius 2 is 2.15 bits per heavy atom. The van der Waals surface area contributed by atoms with E-state index in [1.165, 1.54) is 0 Å². The summed E-state index contributed by atoms with van der Waals surface area (Å²) < 4.78 is 10.6. The number of hydrogen-bond donors (Lipinski definition) is 1. The number of methoxy groups -OCH3 is 1. The number of hydrogen-bond acceptors (Lipinski definition) is 4. The SMILES string of the molecule is COCC(C)CNCC1CCCN1C(=O)OC(C)(C)C. The molecule has 1 fully saturated rings. The smallest absolute Gasteiger partial charge is 0.410 e. The first-order valence-electron chi connectivity index (χ1n) is 7.52. The molecule has 1 heterocycles. The molecule has 1 amide bonds. The van der Waals surface area contributed by atoms with Crippen LogP contribution >= 0.6 is 0 Å². The molecule has 118 valence electrons. The van der Waals surface area contributed by atoms with Crippen LogP contribution in [0.5, 0.6) is 0 Å². The molecule has 1 aliphatic heterocycles. The molecule has 0 aromatic carbocycles. The third-order valence-electron chi connectivity index (χ3n) is 3.33. The van der Waals surface area contributed by atoms with Crippen molar-refractivity contribution in [3.63, 3.8) is 0 Å². The van der Waals surface area contributed by atoms with Gasteiger partial charge in [0, 0.05) is 32.8 Å². The minimum absolute atomic E-state index is 0.188. The summed E-state index contributed by atoms with van der Waals surface area (Å²) in [6.07, 6.45) is 1.91. The highest BCUT2D eigenvalue weighted by molar-refractivity contribution is 5.69. The highest BCUT2D eigenvalue weighted by atomic mass is 16.6. The molecule has 1 rings (SSSR count). The summed E-state index contributed by atoms with van der Waals surface area (Å²) in [5, 5.41) is 3.43. The number of rotatable bonds is 6. The second-order valence-corrected chi connectivity index (χ2v) is 6.69. The summed E-state index contributed by atoms with van der Waals surface area (Å²) in [5.41, 5.74) is -0.426. The molecule has 0 spiro atoms. The Morgan fingerprint density at radius 1 is 1.45 bits per heavy atom. The van der Waals surface area contributed by atoms with Crippen molar-refractivity contribution in [2.24, 2.45) is 5.92 Å². The lowest BCUT2D eigenvalue weighted by Crippen LogP contribution is -2.44. The van der Waals surface area contributed by atoms with E-state index in [2.05, 4.69) is 12.2 Å². The Labute approximate surface area is 123 Å². The number of amides is 1. The molecule has 5 nitrogen and oxygen atoms in total. The fraction of sp³-hybridized carbons (Fsp3) is 0.933. The van der Waals surface area contributed by atoms with Crippen LogP contribution in [0.25, 0.3) is 0 Å². The quantitative estimate of drug-likeness (QED) is 0.813. The van der Waals surface area contributed by atoms with Crippen molar-refractivity contribution in [1.82, 2.24) is 10.2 Å². The van der Waals surface area contributed by atoms with Crippen molar-refractivity contribution < 1.29 is 14.3 Å². The van der Waals surface area contributed by atoms with Gasteiger partial charge in [0.2, 0.25) is 0 Å². The van der Waals surface area contributed by atoms with Gasteiger partial charge < -0.3 is 19.7 Å². The lowest BCUT2D eigenvalue weighted by Gasteiger charge is -2.29. The molecule has 1 saturated heterocycles. The number of likely N-dealkylation sites (tertiary alicyclic amines) is 1. The summed E-state index contributed by atoms with van der Waals surface area (Å²) in [7, 11) is 1.72. The van der Waals surface area contributed by atoms with Gasteiger partial charge in [-0.25, -0.2) is 4.79 Å². The second-order valence-electron chi connectivity index (χ2n) is 6.69. The Hall–Kier alpha value is -0.810. The van der Waals surface area contributed by atoms with Crippen LogP contribution in [0.2, 0.25) is 0 Å². The van der Waals surface area contributed by atoms with Gasteiger partial charge in [0.25, 0.3) is 0 Å². The summed E-state index contributed by atoms with van der Waals surface area (Å²) in [5.74, 6) is 0.483. The molecular weight excluding hydrogens is 256 g/mol. The van der Waals surface area contributed by atoms with Crippen LogP contribution in [-0.4, -0.2) is 56.0 Å². The molecule has 0 aliphatic carbocycles. The standard InChI is InChI=1S/C15H30N2O3/c1-12(11-19-5)9-16-10-13-7-6-8-17(13)14(18)20-15(2,3)4/h12-13,16H,6-11H2,1-5H3. The predicted octanol–water partition coefficient (Wildman–Crippen LogP) is 2.26. The molecule has 2 atom stereocenters. The van der Waals surface area contributed by atoms with Gasteiger partial charge in [0.15, 0.2) is 0 Å². The van der Waals surface area contributed by atoms with Crippen LogP contribution in [0.3, 0.4) is 0 Å². The zero-order valence-corrected chi connectivity index (χ0v) is 13.6. The van der Waals surface area contributed by atoms with Gasteiger partial charge >= 0.3 is 6.09 Å². The van der Waals surface area contributed by atoms with Crippen molar-refractivity contribution >= 4 is 6.09 Å². The average molecular weight is 286 g/mol. The van der Waals surface area contributed by atoms with E-state index < -0.39 is 5.60 Å². The number of ether oxygens (including phenoxy) is 2. The summed E-state index contributed by atoms with van der Waals surface area (Å²) in [4.78, 5) is 14.0.